The number of aryl methyl sites for hydroxylation is 1. The topological polar surface area (TPSA) is 38.9 Å². The van der Waals surface area contributed by atoms with Crippen LogP contribution in [0.2, 0.25) is 0 Å². The first-order valence-corrected chi connectivity index (χ1v) is 6.97. The standard InChI is InChI=1S/C18H18N2/c19-18(9-8-14-10-12-20-13-11-14)17-7-3-5-15-4-1-2-6-16(15)17/h1-7,10-13,18H,8-9,19H2. The summed E-state index contributed by atoms with van der Waals surface area (Å²) in [6, 6.07) is 18.9. The summed E-state index contributed by atoms with van der Waals surface area (Å²) in [5.74, 6) is 0. The molecular weight excluding hydrogens is 244 g/mol. The van der Waals surface area contributed by atoms with Crippen LogP contribution in [-0.4, -0.2) is 4.98 Å². The molecule has 0 aliphatic heterocycles. The van der Waals surface area contributed by atoms with Crippen molar-refractivity contribution in [3.8, 4) is 0 Å². The summed E-state index contributed by atoms with van der Waals surface area (Å²) in [7, 11) is 0. The summed E-state index contributed by atoms with van der Waals surface area (Å²) in [4.78, 5) is 4.04. The van der Waals surface area contributed by atoms with Gasteiger partial charge in [-0.15, -0.1) is 0 Å². The van der Waals surface area contributed by atoms with E-state index in [-0.39, 0.29) is 6.04 Å². The number of hydrogen-bond donors (Lipinski definition) is 1. The summed E-state index contributed by atoms with van der Waals surface area (Å²) < 4.78 is 0. The molecule has 0 bridgehead atoms. The number of hydrogen-bond acceptors (Lipinski definition) is 2. The van der Waals surface area contributed by atoms with Crippen LogP contribution in [0.3, 0.4) is 0 Å². The van der Waals surface area contributed by atoms with Gasteiger partial charge in [0.2, 0.25) is 0 Å². The van der Waals surface area contributed by atoms with E-state index in [1.807, 2.05) is 12.4 Å². The smallest absolute Gasteiger partial charge is 0.0304 e. The molecule has 1 atom stereocenters. The Balaban J connectivity index is 1.80. The Bertz CT molecular complexity index is 687. The van der Waals surface area contributed by atoms with E-state index in [4.69, 9.17) is 5.73 Å². The van der Waals surface area contributed by atoms with Crippen LogP contribution in [0, 0.1) is 0 Å². The molecule has 0 aliphatic carbocycles. The van der Waals surface area contributed by atoms with Gasteiger partial charge in [0.05, 0.1) is 0 Å². The van der Waals surface area contributed by atoms with Crippen molar-refractivity contribution in [3.63, 3.8) is 0 Å². The van der Waals surface area contributed by atoms with E-state index in [0.29, 0.717) is 0 Å². The molecule has 3 rings (SSSR count). The minimum atomic E-state index is 0.0641. The van der Waals surface area contributed by atoms with Crippen LogP contribution in [0.4, 0.5) is 0 Å². The third kappa shape index (κ3) is 2.70. The van der Waals surface area contributed by atoms with Crippen molar-refractivity contribution in [2.75, 3.05) is 0 Å². The molecule has 3 aromatic rings. The van der Waals surface area contributed by atoms with Gasteiger partial charge in [0, 0.05) is 18.4 Å². The first-order chi connectivity index (χ1) is 9.84. The molecule has 2 nitrogen and oxygen atoms in total. The largest absolute Gasteiger partial charge is 0.324 e. The van der Waals surface area contributed by atoms with E-state index in [2.05, 4.69) is 59.6 Å². The highest BCUT2D eigenvalue weighted by molar-refractivity contribution is 5.86. The van der Waals surface area contributed by atoms with Crippen molar-refractivity contribution >= 4 is 10.8 Å². The maximum atomic E-state index is 6.39. The second-order valence-corrected chi connectivity index (χ2v) is 5.07. The van der Waals surface area contributed by atoms with Crippen LogP contribution in [0.25, 0.3) is 10.8 Å². The molecule has 1 heterocycles. The molecule has 0 saturated carbocycles. The summed E-state index contributed by atoms with van der Waals surface area (Å²) in [6.45, 7) is 0. The first-order valence-electron chi connectivity index (χ1n) is 6.97. The molecule has 20 heavy (non-hydrogen) atoms. The number of fused-ring (bicyclic) bond motifs is 1. The third-order valence-corrected chi connectivity index (χ3v) is 3.72. The second-order valence-electron chi connectivity index (χ2n) is 5.07. The molecule has 2 heteroatoms. The highest BCUT2D eigenvalue weighted by Crippen LogP contribution is 2.25. The average Bonchev–Trinajstić information content (AvgIpc) is 2.53. The van der Waals surface area contributed by atoms with Crippen molar-refractivity contribution < 1.29 is 0 Å². The summed E-state index contributed by atoms with van der Waals surface area (Å²) in [5, 5.41) is 2.52. The van der Waals surface area contributed by atoms with Gasteiger partial charge in [0.15, 0.2) is 0 Å². The molecule has 0 saturated heterocycles. The van der Waals surface area contributed by atoms with Crippen LogP contribution in [0.1, 0.15) is 23.6 Å². The van der Waals surface area contributed by atoms with Gasteiger partial charge in [0.1, 0.15) is 0 Å². The highest BCUT2D eigenvalue weighted by Gasteiger charge is 2.09. The van der Waals surface area contributed by atoms with Gasteiger partial charge in [-0.2, -0.15) is 0 Å². The van der Waals surface area contributed by atoms with Crippen LogP contribution in [0.15, 0.2) is 67.0 Å². The number of nitrogens with zero attached hydrogens (tertiary/aromatic N) is 1. The lowest BCUT2D eigenvalue weighted by Crippen LogP contribution is -2.11. The first kappa shape index (κ1) is 12.8. The Hall–Kier alpha value is -2.19. The molecule has 0 spiro atoms. The van der Waals surface area contributed by atoms with Crippen molar-refractivity contribution in [3.05, 3.63) is 78.1 Å². The number of benzene rings is 2. The Kier molecular flexibility index (Phi) is 3.75. The molecule has 2 N–H and O–H groups in total. The van der Waals surface area contributed by atoms with Crippen molar-refractivity contribution in [1.29, 1.82) is 0 Å². The van der Waals surface area contributed by atoms with E-state index >= 15 is 0 Å². The Morgan fingerprint density at radius 1 is 0.900 bits per heavy atom. The normalized spacial score (nSPS) is 12.4. The van der Waals surface area contributed by atoms with Crippen LogP contribution in [-0.2, 0) is 6.42 Å². The maximum Gasteiger partial charge on any atom is 0.0304 e. The van der Waals surface area contributed by atoms with Crippen molar-refractivity contribution in [2.45, 2.75) is 18.9 Å². The molecule has 100 valence electrons. The van der Waals surface area contributed by atoms with Gasteiger partial charge in [-0.25, -0.2) is 0 Å². The SMILES string of the molecule is NC(CCc1ccncc1)c1cccc2ccccc12. The Labute approximate surface area is 119 Å². The average molecular weight is 262 g/mol. The lowest BCUT2D eigenvalue weighted by atomic mass is 9.95. The van der Waals surface area contributed by atoms with Crippen molar-refractivity contribution in [2.24, 2.45) is 5.73 Å². The fraction of sp³-hybridized carbons (Fsp3) is 0.167. The highest BCUT2D eigenvalue weighted by atomic mass is 14.6. The van der Waals surface area contributed by atoms with Gasteiger partial charge >= 0.3 is 0 Å². The lowest BCUT2D eigenvalue weighted by Gasteiger charge is -2.14. The Morgan fingerprint density at radius 2 is 1.65 bits per heavy atom. The van der Waals surface area contributed by atoms with Crippen molar-refractivity contribution in [1.82, 2.24) is 4.98 Å². The monoisotopic (exact) mass is 262 g/mol. The van der Waals surface area contributed by atoms with Crippen LogP contribution < -0.4 is 5.73 Å². The maximum absolute atomic E-state index is 6.39. The molecule has 1 unspecified atom stereocenters. The zero-order chi connectivity index (χ0) is 13.8. The predicted molar refractivity (Wildman–Crippen MR) is 83.4 cm³/mol. The van der Waals surface area contributed by atoms with Crippen LogP contribution in [0.5, 0.6) is 0 Å². The van der Waals surface area contributed by atoms with Gasteiger partial charge in [-0.05, 0) is 46.9 Å². The Morgan fingerprint density at radius 3 is 2.50 bits per heavy atom. The molecule has 0 fully saturated rings. The van der Waals surface area contributed by atoms with E-state index in [0.717, 1.165) is 12.8 Å². The fourth-order valence-corrected chi connectivity index (χ4v) is 2.60. The third-order valence-electron chi connectivity index (χ3n) is 3.72. The summed E-state index contributed by atoms with van der Waals surface area (Å²) >= 11 is 0. The summed E-state index contributed by atoms with van der Waals surface area (Å²) in [5.41, 5.74) is 8.91. The molecule has 0 radical (unpaired) electrons. The van der Waals surface area contributed by atoms with Crippen LogP contribution >= 0.6 is 0 Å². The van der Waals surface area contributed by atoms with Gasteiger partial charge < -0.3 is 5.73 Å². The van der Waals surface area contributed by atoms with E-state index in [1.165, 1.54) is 21.9 Å². The van der Waals surface area contributed by atoms with E-state index in [9.17, 15) is 0 Å². The minimum Gasteiger partial charge on any atom is -0.324 e. The minimum absolute atomic E-state index is 0.0641. The number of pyridine rings is 1. The number of aromatic nitrogens is 1. The molecule has 0 amide bonds. The van der Waals surface area contributed by atoms with E-state index < -0.39 is 0 Å². The number of nitrogens with two attached hydrogens (primary N) is 1. The van der Waals surface area contributed by atoms with Gasteiger partial charge in [0.25, 0.3) is 0 Å². The zero-order valence-corrected chi connectivity index (χ0v) is 11.4. The predicted octanol–water partition coefficient (Wildman–Crippen LogP) is 3.87. The van der Waals surface area contributed by atoms with Gasteiger partial charge in [-0.1, -0.05) is 42.5 Å². The quantitative estimate of drug-likeness (QED) is 0.775. The molecule has 0 aliphatic rings. The second kappa shape index (κ2) is 5.85. The zero-order valence-electron chi connectivity index (χ0n) is 11.4. The summed E-state index contributed by atoms with van der Waals surface area (Å²) in [6.07, 6.45) is 5.59. The number of rotatable bonds is 4. The molecular formula is C18H18N2. The lowest BCUT2D eigenvalue weighted by molar-refractivity contribution is 0.655. The molecule has 1 aromatic heterocycles. The van der Waals surface area contributed by atoms with Gasteiger partial charge in [-0.3, -0.25) is 4.98 Å². The van der Waals surface area contributed by atoms with E-state index in [1.54, 1.807) is 0 Å². The molecule has 2 aromatic carbocycles. The fourth-order valence-electron chi connectivity index (χ4n) is 2.60.